The van der Waals surface area contributed by atoms with E-state index in [1.165, 1.54) is 5.69 Å². The maximum absolute atomic E-state index is 5.32. The van der Waals surface area contributed by atoms with Gasteiger partial charge in [-0.1, -0.05) is 26.8 Å². The van der Waals surface area contributed by atoms with Crippen LogP contribution in [0, 0.1) is 0 Å². The molecular formula is C10H17N3S. The van der Waals surface area contributed by atoms with Crippen molar-refractivity contribution in [3.8, 4) is 0 Å². The van der Waals surface area contributed by atoms with Crippen LogP contribution in [-0.2, 0) is 12.0 Å². The number of allylic oxidation sites excluding steroid dienone is 1. The first-order chi connectivity index (χ1) is 6.50. The topological polar surface area (TPSA) is 43.3 Å². The lowest BCUT2D eigenvalue weighted by molar-refractivity contribution is 0.526. The minimum atomic E-state index is 0.114. The lowest BCUT2D eigenvalue weighted by atomic mass is 9.93. The van der Waals surface area contributed by atoms with E-state index in [0.29, 0.717) is 0 Å². The Morgan fingerprint density at radius 1 is 1.64 bits per heavy atom. The molecule has 0 saturated heterocycles. The largest absolute Gasteiger partial charge is 0.320 e. The van der Waals surface area contributed by atoms with E-state index in [2.05, 4.69) is 42.4 Å². The van der Waals surface area contributed by atoms with Crippen LogP contribution in [0.15, 0.2) is 23.1 Å². The van der Waals surface area contributed by atoms with Gasteiger partial charge in [0.05, 0.1) is 0 Å². The van der Waals surface area contributed by atoms with Gasteiger partial charge in [0, 0.05) is 23.0 Å². The molecule has 2 N–H and O–H groups in total. The van der Waals surface area contributed by atoms with Crippen LogP contribution in [0.3, 0.4) is 0 Å². The zero-order valence-electron chi connectivity index (χ0n) is 8.95. The first-order valence-corrected chi connectivity index (χ1v) is 5.42. The predicted octanol–water partition coefficient (Wildman–Crippen LogP) is 1.81. The second kappa shape index (κ2) is 4.00. The lowest BCUT2D eigenvalue weighted by Crippen LogP contribution is -2.24. The second-order valence-corrected chi connectivity index (χ2v) is 5.02. The minimum absolute atomic E-state index is 0.114. The van der Waals surface area contributed by atoms with Crippen molar-refractivity contribution in [2.45, 2.75) is 32.7 Å². The molecule has 0 amide bonds. The van der Waals surface area contributed by atoms with Crippen molar-refractivity contribution in [3.63, 3.8) is 0 Å². The number of hydrogen-bond acceptors (Lipinski definition) is 3. The van der Waals surface area contributed by atoms with Crippen molar-refractivity contribution >= 4 is 11.3 Å². The van der Waals surface area contributed by atoms with E-state index in [4.69, 9.17) is 5.84 Å². The van der Waals surface area contributed by atoms with Gasteiger partial charge in [-0.15, -0.1) is 17.9 Å². The van der Waals surface area contributed by atoms with Crippen LogP contribution in [0.5, 0.6) is 0 Å². The number of thiazole rings is 1. The molecule has 0 bridgehead atoms. The van der Waals surface area contributed by atoms with Gasteiger partial charge in [-0.05, 0) is 0 Å². The zero-order valence-corrected chi connectivity index (χ0v) is 9.77. The highest BCUT2D eigenvalue weighted by atomic mass is 32.1. The Kier molecular flexibility index (Phi) is 3.16. The average molecular weight is 211 g/mol. The summed E-state index contributed by atoms with van der Waals surface area (Å²) < 4.78 is 2.09. The fourth-order valence-electron chi connectivity index (χ4n) is 1.33. The van der Waals surface area contributed by atoms with Crippen LogP contribution in [-0.4, -0.2) is 4.57 Å². The van der Waals surface area contributed by atoms with E-state index in [1.807, 2.05) is 6.08 Å². The fourth-order valence-corrected chi connectivity index (χ4v) is 2.38. The van der Waals surface area contributed by atoms with Gasteiger partial charge in [0.2, 0.25) is 4.80 Å². The van der Waals surface area contributed by atoms with Crippen LogP contribution in [0.4, 0.5) is 0 Å². The molecule has 1 aromatic rings. The molecule has 78 valence electrons. The van der Waals surface area contributed by atoms with E-state index >= 15 is 0 Å². The van der Waals surface area contributed by atoms with Gasteiger partial charge in [-0.3, -0.25) is 0 Å². The Morgan fingerprint density at radius 2 is 2.29 bits per heavy atom. The summed E-state index contributed by atoms with van der Waals surface area (Å²) in [5, 5.41) is 5.86. The molecule has 0 saturated carbocycles. The lowest BCUT2D eigenvalue weighted by Gasteiger charge is -2.20. The number of nitrogens with zero attached hydrogens (tertiary/aromatic N) is 2. The number of hydrogen-bond donors (Lipinski definition) is 1. The Hall–Kier alpha value is -1.03. The van der Waals surface area contributed by atoms with Crippen molar-refractivity contribution in [1.29, 1.82) is 0 Å². The molecule has 1 aromatic heterocycles. The summed E-state index contributed by atoms with van der Waals surface area (Å²) in [7, 11) is 0. The van der Waals surface area contributed by atoms with E-state index in [-0.39, 0.29) is 5.41 Å². The molecule has 3 nitrogen and oxygen atoms in total. The molecule has 4 heteroatoms. The third-order valence-electron chi connectivity index (χ3n) is 1.99. The Labute approximate surface area is 88.6 Å². The molecule has 0 aliphatic rings. The smallest absolute Gasteiger partial charge is 0.208 e. The van der Waals surface area contributed by atoms with Crippen LogP contribution < -0.4 is 10.6 Å². The molecule has 1 rings (SSSR count). The highest BCUT2D eigenvalue weighted by Gasteiger charge is 2.18. The third-order valence-corrected chi connectivity index (χ3v) is 2.87. The van der Waals surface area contributed by atoms with Gasteiger partial charge < -0.3 is 10.4 Å². The van der Waals surface area contributed by atoms with Crippen LogP contribution in [0.1, 0.15) is 26.5 Å². The second-order valence-electron chi connectivity index (χ2n) is 4.18. The molecule has 0 spiro atoms. The molecular weight excluding hydrogens is 194 g/mol. The van der Waals surface area contributed by atoms with Crippen molar-refractivity contribution < 1.29 is 0 Å². The molecule has 0 radical (unpaired) electrons. The number of rotatable bonds is 2. The molecule has 1 heterocycles. The maximum Gasteiger partial charge on any atom is 0.208 e. The zero-order chi connectivity index (χ0) is 10.8. The van der Waals surface area contributed by atoms with E-state index in [9.17, 15) is 0 Å². The molecule has 0 fully saturated rings. The SMILES string of the molecule is C=CCn1c(C(C)(C)C)cs/c1=N\N. The number of aromatic nitrogens is 1. The van der Waals surface area contributed by atoms with Gasteiger partial charge >= 0.3 is 0 Å². The maximum atomic E-state index is 5.32. The molecule has 0 unspecified atom stereocenters. The highest BCUT2D eigenvalue weighted by Crippen LogP contribution is 2.22. The first-order valence-electron chi connectivity index (χ1n) is 4.54. The van der Waals surface area contributed by atoms with Crippen molar-refractivity contribution in [2.24, 2.45) is 10.9 Å². The van der Waals surface area contributed by atoms with E-state index in [1.54, 1.807) is 11.3 Å². The Bertz CT molecular complexity index is 379. The predicted molar refractivity (Wildman–Crippen MR) is 61.0 cm³/mol. The van der Waals surface area contributed by atoms with Crippen LogP contribution in [0.2, 0.25) is 0 Å². The minimum Gasteiger partial charge on any atom is -0.320 e. The van der Waals surface area contributed by atoms with Crippen molar-refractivity contribution in [3.05, 3.63) is 28.5 Å². The van der Waals surface area contributed by atoms with Gasteiger partial charge in [0.25, 0.3) is 0 Å². The molecule has 14 heavy (non-hydrogen) atoms. The third kappa shape index (κ3) is 2.07. The Morgan fingerprint density at radius 3 is 2.71 bits per heavy atom. The van der Waals surface area contributed by atoms with Crippen LogP contribution in [0.25, 0.3) is 0 Å². The summed E-state index contributed by atoms with van der Waals surface area (Å²) >= 11 is 1.57. The van der Waals surface area contributed by atoms with Gasteiger partial charge in [-0.25, -0.2) is 0 Å². The average Bonchev–Trinajstić information content (AvgIpc) is 2.47. The molecule has 0 aliphatic heterocycles. The summed E-state index contributed by atoms with van der Waals surface area (Å²) in [6, 6.07) is 0. The van der Waals surface area contributed by atoms with Crippen LogP contribution >= 0.6 is 11.3 Å². The number of nitrogens with two attached hydrogens (primary N) is 1. The molecule has 0 atom stereocenters. The monoisotopic (exact) mass is 211 g/mol. The Balaban J connectivity index is 3.32. The van der Waals surface area contributed by atoms with Crippen molar-refractivity contribution in [2.75, 3.05) is 0 Å². The van der Waals surface area contributed by atoms with Gasteiger partial charge in [0.1, 0.15) is 0 Å². The summed E-state index contributed by atoms with van der Waals surface area (Å²) in [5.74, 6) is 5.32. The van der Waals surface area contributed by atoms with E-state index in [0.717, 1.165) is 11.3 Å². The summed E-state index contributed by atoms with van der Waals surface area (Å²) in [5.41, 5.74) is 1.36. The van der Waals surface area contributed by atoms with Crippen molar-refractivity contribution in [1.82, 2.24) is 4.57 Å². The molecule has 0 aliphatic carbocycles. The van der Waals surface area contributed by atoms with E-state index < -0.39 is 0 Å². The first kappa shape index (κ1) is 11.0. The van der Waals surface area contributed by atoms with Gasteiger partial charge in [0.15, 0.2) is 0 Å². The standard InChI is InChI=1S/C10H17N3S/c1-5-6-13-8(10(2,3)4)7-14-9(13)12-11/h5,7H,1,6,11H2,2-4H3/b12-9-. The summed E-state index contributed by atoms with van der Waals surface area (Å²) in [6.07, 6.45) is 1.86. The fraction of sp³-hybridized carbons (Fsp3) is 0.500. The quantitative estimate of drug-likeness (QED) is 0.452. The van der Waals surface area contributed by atoms with Gasteiger partial charge in [-0.2, -0.15) is 5.10 Å². The summed E-state index contributed by atoms with van der Waals surface area (Å²) in [6.45, 7) is 11.0. The summed E-state index contributed by atoms with van der Waals surface area (Å²) in [4.78, 5) is 0.842. The normalized spacial score (nSPS) is 13.2. The highest BCUT2D eigenvalue weighted by molar-refractivity contribution is 7.07. The molecule has 0 aromatic carbocycles.